The minimum Gasteiger partial charge on any atom is -0.489 e. The average molecular weight is 365 g/mol. The molecule has 4 rings (SSSR count). The Hall–Kier alpha value is -2.66. The number of aromatic amines is 1. The molecule has 5 heteroatoms. The highest BCUT2D eigenvalue weighted by Crippen LogP contribution is 2.28. The molecule has 0 saturated carbocycles. The quantitative estimate of drug-likeness (QED) is 0.647. The van der Waals surface area contributed by atoms with Crippen LogP contribution in [0, 0.1) is 5.82 Å². The number of hydrogen-bond acceptors (Lipinski definition) is 3. The zero-order chi connectivity index (χ0) is 18.6. The van der Waals surface area contributed by atoms with Crippen LogP contribution in [0.4, 0.5) is 4.39 Å². The molecule has 27 heavy (non-hydrogen) atoms. The first kappa shape index (κ1) is 17.7. The summed E-state index contributed by atoms with van der Waals surface area (Å²) in [5.74, 6) is 0.595. The lowest BCUT2D eigenvalue weighted by atomic mass is 10.1. The van der Waals surface area contributed by atoms with Gasteiger partial charge in [0.1, 0.15) is 18.2 Å². The van der Waals surface area contributed by atoms with Gasteiger partial charge in [-0.15, -0.1) is 0 Å². The van der Waals surface area contributed by atoms with Gasteiger partial charge in [0.05, 0.1) is 11.9 Å². The third-order valence-electron chi connectivity index (χ3n) is 5.02. The third kappa shape index (κ3) is 4.03. The second-order valence-electron chi connectivity index (χ2n) is 7.06. The lowest BCUT2D eigenvalue weighted by Gasteiger charge is -2.13. The summed E-state index contributed by atoms with van der Waals surface area (Å²) in [6.45, 7) is 5.78. The second-order valence-corrected chi connectivity index (χ2v) is 7.06. The van der Waals surface area contributed by atoms with Gasteiger partial charge in [0.25, 0.3) is 0 Å². The molecular weight excluding hydrogens is 341 g/mol. The highest BCUT2D eigenvalue weighted by molar-refractivity contribution is 5.62. The van der Waals surface area contributed by atoms with Crippen molar-refractivity contribution in [3.8, 4) is 17.0 Å². The van der Waals surface area contributed by atoms with Gasteiger partial charge in [-0.1, -0.05) is 31.5 Å². The minimum atomic E-state index is -0.264. The first-order valence-corrected chi connectivity index (χ1v) is 9.48. The van der Waals surface area contributed by atoms with Crippen molar-refractivity contribution >= 4 is 0 Å². The normalized spacial score (nSPS) is 13.7. The summed E-state index contributed by atoms with van der Waals surface area (Å²) < 4.78 is 19.5. The number of hydrogen-bond donors (Lipinski definition) is 1. The zero-order valence-corrected chi connectivity index (χ0v) is 15.5. The van der Waals surface area contributed by atoms with Crippen LogP contribution in [0.5, 0.6) is 5.75 Å². The highest BCUT2D eigenvalue weighted by Gasteiger charge is 2.19. The van der Waals surface area contributed by atoms with E-state index in [0.29, 0.717) is 6.61 Å². The summed E-state index contributed by atoms with van der Waals surface area (Å²) in [5, 5.41) is 7.05. The van der Waals surface area contributed by atoms with E-state index >= 15 is 0 Å². The van der Waals surface area contributed by atoms with Crippen molar-refractivity contribution in [2.24, 2.45) is 0 Å². The Kier molecular flexibility index (Phi) is 5.21. The molecule has 0 fully saturated rings. The maximum absolute atomic E-state index is 13.5. The van der Waals surface area contributed by atoms with Crippen molar-refractivity contribution in [1.82, 2.24) is 15.1 Å². The lowest BCUT2D eigenvalue weighted by Crippen LogP contribution is -2.17. The van der Waals surface area contributed by atoms with E-state index in [1.165, 1.54) is 36.1 Å². The number of fused-ring (bicyclic) bond motifs is 1. The molecule has 4 nitrogen and oxygen atoms in total. The highest BCUT2D eigenvalue weighted by atomic mass is 19.1. The molecule has 1 aromatic heterocycles. The summed E-state index contributed by atoms with van der Waals surface area (Å²) in [4.78, 5) is 2.48. The molecule has 0 radical (unpaired) electrons. The maximum Gasteiger partial charge on any atom is 0.123 e. The van der Waals surface area contributed by atoms with E-state index in [1.807, 2.05) is 12.1 Å². The second kappa shape index (κ2) is 7.92. The van der Waals surface area contributed by atoms with Gasteiger partial charge in [0, 0.05) is 24.2 Å². The summed E-state index contributed by atoms with van der Waals surface area (Å²) in [6, 6.07) is 12.8. The molecule has 0 atom stereocenters. The smallest absolute Gasteiger partial charge is 0.123 e. The van der Waals surface area contributed by atoms with E-state index in [4.69, 9.17) is 4.74 Å². The maximum atomic E-state index is 13.5. The largest absolute Gasteiger partial charge is 0.489 e. The third-order valence-corrected chi connectivity index (χ3v) is 5.02. The van der Waals surface area contributed by atoms with Crippen LogP contribution in [0.1, 0.15) is 36.5 Å². The van der Waals surface area contributed by atoms with Crippen molar-refractivity contribution in [2.75, 3.05) is 6.54 Å². The van der Waals surface area contributed by atoms with E-state index in [1.54, 1.807) is 12.3 Å². The van der Waals surface area contributed by atoms with Gasteiger partial charge in [-0.2, -0.15) is 5.10 Å². The Balaban J connectivity index is 1.43. The van der Waals surface area contributed by atoms with Crippen molar-refractivity contribution in [2.45, 2.75) is 39.5 Å². The molecule has 0 aliphatic carbocycles. The summed E-state index contributed by atoms with van der Waals surface area (Å²) in [6.07, 6.45) is 4.19. The van der Waals surface area contributed by atoms with E-state index < -0.39 is 0 Å². The van der Waals surface area contributed by atoms with Crippen LogP contribution in [0.3, 0.4) is 0 Å². The van der Waals surface area contributed by atoms with Crippen LogP contribution in [0.25, 0.3) is 11.3 Å². The number of nitrogens with one attached hydrogen (secondary N) is 1. The molecule has 140 valence electrons. The molecule has 1 aliphatic heterocycles. The first-order valence-electron chi connectivity index (χ1n) is 9.48. The van der Waals surface area contributed by atoms with Crippen molar-refractivity contribution in [3.63, 3.8) is 0 Å². The number of aromatic nitrogens is 2. The van der Waals surface area contributed by atoms with Crippen LogP contribution in [-0.2, 0) is 19.7 Å². The molecular formula is C22H24FN3O. The average Bonchev–Trinajstić information content (AvgIpc) is 3.30. The molecule has 2 aromatic carbocycles. The Labute approximate surface area is 159 Å². The summed E-state index contributed by atoms with van der Waals surface area (Å²) >= 11 is 0. The van der Waals surface area contributed by atoms with Crippen molar-refractivity contribution < 1.29 is 9.13 Å². The number of ether oxygens (including phenoxy) is 1. The predicted octanol–water partition coefficient (Wildman–Crippen LogP) is 4.91. The number of unbranched alkanes of at least 4 members (excludes halogenated alkanes) is 1. The fraction of sp³-hybridized carbons (Fsp3) is 0.318. The molecule has 0 bridgehead atoms. The van der Waals surface area contributed by atoms with Gasteiger partial charge in [0.15, 0.2) is 0 Å². The van der Waals surface area contributed by atoms with Crippen LogP contribution < -0.4 is 4.74 Å². The SMILES string of the molecule is CCCCN1Cc2ccc(OCc3cn[nH]c3-c3cccc(F)c3)cc2C1. The molecule has 0 saturated heterocycles. The fourth-order valence-corrected chi connectivity index (χ4v) is 3.55. The number of benzene rings is 2. The molecule has 0 amide bonds. The van der Waals surface area contributed by atoms with Crippen molar-refractivity contribution in [1.29, 1.82) is 0 Å². The number of rotatable bonds is 7. The van der Waals surface area contributed by atoms with Gasteiger partial charge in [-0.25, -0.2) is 4.39 Å². The molecule has 0 spiro atoms. The van der Waals surface area contributed by atoms with E-state index in [0.717, 1.165) is 42.2 Å². The van der Waals surface area contributed by atoms with E-state index in [2.05, 4.69) is 34.2 Å². The molecule has 1 aliphatic rings. The predicted molar refractivity (Wildman–Crippen MR) is 104 cm³/mol. The number of H-pyrrole nitrogens is 1. The fourth-order valence-electron chi connectivity index (χ4n) is 3.55. The summed E-state index contributed by atoms with van der Waals surface area (Å²) in [5.41, 5.74) is 5.21. The first-order chi connectivity index (χ1) is 13.2. The van der Waals surface area contributed by atoms with Gasteiger partial charge in [-0.05, 0) is 48.4 Å². The van der Waals surface area contributed by atoms with E-state index in [-0.39, 0.29) is 5.82 Å². The summed E-state index contributed by atoms with van der Waals surface area (Å²) in [7, 11) is 0. The Morgan fingerprint density at radius 3 is 2.89 bits per heavy atom. The minimum absolute atomic E-state index is 0.264. The number of halogens is 1. The Morgan fingerprint density at radius 1 is 1.15 bits per heavy atom. The topological polar surface area (TPSA) is 41.1 Å². The molecule has 3 aromatic rings. The zero-order valence-electron chi connectivity index (χ0n) is 15.5. The monoisotopic (exact) mass is 365 g/mol. The Morgan fingerprint density at radius 2 is 2.04 bits per heavy atom. The molecule has 1 N–H and O–H groups in total. The van der Waals surface area contributed by atoms with Crippen LogP contribution >= 0.6 is 0 Å². The van der Waals surface area contributed by atoms with E-state index in [9.17, 15) is 4.39 Å². The van der Waals surface area contributed by atoms with Gasteiger partial charge in [0.2, 0.25) is 0 Å². The standard InChI is InChI=1S/C22H24FN3O/c1-2-3-9-26-13-17-7-8-21(11-18(17)14-26)27-15-19-12-24-25-22(19)16-5-4-6-20(23)10-16/h4-8,10-12H,2-3,9,13-15H2,1H3,(H,24,25). The van der Waals surface area contributed by atoms with Crippen LogP contribution in [0.2, 0.25) is 0 Å². The van der Waals surface area contributed by atoms with Crippen LogP contribution in [-0.4, -0.2) is 21.6 Å². The van der Waals surface area contributed by atoms with Crippen molar-refractivity contribution in [3.05, 3.63) is 71.2 Å². The molecule has 2 heterocycles. The lowest BCUT2D eigenvalue weighted by molar-refractivity contribution is 0.279. The van der Waals surface area contributed by atoms with Gasteiger partial charge >= 0.3 is 0 Å². The Bertz CT molecular complexity index is 921. The van der Waals surface area contributed by atoms with Crippen LogP contribution in [0.15, 0.2) is 48.7 Å². The van der Waals surface area contributed by atoms with Gasteiger partial charge in [-0.3, -0.25) is 10.00 Å². The molecule has 0 unspecified atom stereocenters. The van der Waals surface area contributed by atoms with Gasteiger partial charge < -0.3 is 4.74 Å². The number of nitrogens with zero attached hydrogens (tertiary/aromatic N) is 2.